The molecule has 0 saturated heterocycles. The Hall–Kier alpha value is -2.40. The van der Waals surface area contributed by atoms with E-state index in [1.165, 1.54) is 27.1 Å². The molecule has 0 N–H and O–H groups in total. The maximum absolute atomic E-state index is 12.6. The Labute approximate surface area is 183 Å². The maximum Gasteiger partial charge on any atom is 0.410 e. The lowest BCUT2D eigenvalue weighted by Crippen LogP contribution is -2.38. The first-order valence-electron chi connectivity index (χ1n) is 10.7. The van der Waals surface area contributed by atoms with Gasteiger partial charge in [-0.2, -0.15) is 0 Å². The van der Waals surface area contributed by atoms with Crippen molar-refractivity contribution in [1.29, 1.82) is 0 Å². The highest BCUT2D eigenvalue weighted by Gasteiger charge is 2.27. The van der Waals surface area contributed by atoms with E-state index in [0.29, 0.717) is 13.1 Å². The van der Waals surface area contributed by atoms with Crippen LogP contribution in [0.15, 0.2) is 59.5 Å². The lowest BCUT2D eigenvalue weighted by molar-refractivity contribution is 0.0258. The summed E-state index contributed by atoms with van der Waals surface area (Å²) in [5.41, 5.74) is 3.60. The highest BCUT2D eigenvalue weighted by Crippen LogP contribution is 2.30. The van der Waals surface area contributed by atoms with Gasteiger partial charge in [0.05, 0.1) is 0 Å². The number of aromatic nitrogens is 1. The SMILES string of the molecule is CC(C)(C)OC(=O)N1CCc2c(n(CCSc3ccccc3)c3ccccc23)CC1. The number of thioether (sulfide) groups is 1. The molecular formula is C25H30N2O2S. The number of carbonyl (C=O) groups excluding carboxylic acids is 1. The predicted molar refractivity (Wildman–Crippen MR) is 124 cm³/mol. The van der Waals surface area contributed by atoms with E-state index in [9.17, 15) is 4.79 Å². The summed E-state index contributed by atoms with van der Waals surface area (Å²) in [5.74, 6) is 1.02. The first-order chi connectivity index (χ1) is 14.4. The minimum absolute atomic E-state index is 0.205. The molecule has 0 atom stereocenters. The molecule has 2 heterocycles. The van der Waals surface area contributed by atoms with Gasteiger partial charge in [0.15, 0.2) is 0 Å². The number of hydrogen-bond acceptors (Lipinski definition) is 3. The first kappa shape index (κ1) is 20.9. The quantitative estimate of drug-likeness (QED) is 0.501. The topological polar surface area (TPSA) is 34.5 Å². The summed E-state index contributed by atoms with van der Waals surface area (Å²) >= 11 is 1.89. The van der Waals surface area contributed by atoms with Crippen molar-refractivity contribution in [3.8, 4) is 0 Å². The zero-order valence-corrected chi connectivity index (χ0v) is 18.9. The second-order valence-electron chi connectivity index (χ2n) is 8.72. The largest absolute Gasteiger partial charge is 0.444 e. The van der Waals surface area contributed by atoms with E-state index in [-0.39, 0.29) is 6.09 Å². The van der Waals surface area contributed by atoms with Crippen LogP contribution in [0.4, 0.5) is 4.79 Å². The number of aryl methyl sites for hydroxylation is 1. The summed E-state index contributed by atoms with van der Waals surface area (Å²) in [5, 5.41) is 1.32. The third-order valence-electron chi connectivity index (χ3n) is 5.42. The van der Waals surface area contributed by atoms with E-state index < -0.39 is 5.60 Å². The first-order valence-corrected chi connectivity index (χ1v) is 11.7. The average Bonchev–Trinajstić information content (AvgIpc) is 2.86. The van der Waals surface area contributed by atoms with Gasteiger partial charge >= 0.3 is 6.09 Å². The van der Waals surface area contributed by atoms with E-state index >= 15 is 0 Å². The van der Waals surface area contributed by atoms with Crippen LogP contribution in [-0.2, 0) is 24.1 Å². The standard InChI is InChI=1S/C25H30N2O2S/c1-25(2,3)29-24(28)26-15-13-21-20-11-7-8-12-22(20)27(23(21)14-16-26)17-18-30-19-9-5-4-6-10-19/h4-12H,13-18H2,1-3H3. The van der Waals surface area contributed by atoms with Crippen molar-refractivity contribution in [1.82, 2.24) is 9.47 Å². The number of para-hydroxylation sites is 1. The molecule has 1 aliphatic rings. The second kappa shape index (κ2) is 8.76. The van der Waals surface area contributed by atoms with Crippen LogP contribution in [0.25, 0.3) is 10.9 Å². The summed E-state index contributed by atoms with van der Waals surface area (Å²) in [6.07, 6.45) is 1.52. The van der Waals surface area contributed by atoms with Crippen LogP contribution in [0, 0.1) is 0 Å². The Bertz CT molecular complexity index is 1020. The number of hydrogen-bond donors (Lipinski definition) is 0. The summed E-state index contributed by atoms with van der Waals surface area (Å²) in [6, 6.07) is 19.2. The fraction of sp³-hybridized carbons (Fsp3) is 0.400. The molecule has 0 saturated carbocycles. The highest BCUT2D eigenvalue weighted by molar-refractivity contribution is 7.99. The van der Waals surface area contributed by atoms with Crippen molar-refractivity contribution in [3.63, 3.8) is 0 Å². The van der Waals surface area contributed by atoms with Crippen molar-refractivity contribution in [2.75, 3.05) is 18.8 Å². The molecule has 1 aliphatic heterocycles. The van der Waals surface area contributed by atoms with E-state index in [2.05, 4.69) is 59.2 Å². The Morgan fingerprint density at radius 3 is 2.47 bits per heavy atom. The molecule has 0 spiro atoms. The molecule has 0 radical (unpaired) electrons. The minimum Gasteiger partial charge on any atom is -0.444 e. The molecule has 5 heteroatoms. The molecule has 30 heavy (non-hydrogen) atoms. The molecule has 0 fully saturated rings. The second-order valence-corrected chi connectivity index (χ2v) is 9.89. The molecule has 1 aromatic heterocycles. The van der Waals surface area contributed by atoms with Gasteiger partial charge in [-0.3, -0.25) is 0 Å². The normalized spacial score (nSPS) is 14.4. The van der Waals surface area contributed by atoms with Gasteiger partial charge in [-0.25, -0.2) is 4.79 Å². The number of nitrogens with zero attached hydrogens (tertiary/aromatic N) is 2. The average molecular weight is 423 g/mol. The van der Waals surface area contributed by atoms with Gasteiger partial charge in [0.25, 0.3) is 0 Å². The molecule has 0 aliphatic carbocycles. The molecular weight excluding hydrogens is 392 g/mol. The monoisotopic (exact) mass is 422 g/mol. The van der Waals surface area contributed by atoms with Gasteiger partial charge in [-0.15, -0.1) is 11.8 Å². The molecule has 0 unspecified atom stereocenters. The number of carbonyl (C=O) groups is 1. The third kappa shape index (κ3) is 4.67. The zero-order valence-electron chi connectivity index (χ0n) is 18.1. The smallest absolute Gasteiger partial charge is 0.410 e. The van der Waals surface area contributed by atoms with Crippen LogP contribution < -0.4 is 0 Å². The molecule has 0 bridgehead atoms. The molecule has 4 rings (SSSR count). The molecule has 158 valence electrons. The van der Waals surface area contributed by atoms with Crippen molar-refractivity contribution in [2.45, 2.75) is 50.7 Å². The number of rotatable bonds is 4. The van der Waals surface area contributed by atoms with Crippen LogP contribution in [0.1, 0.15) is 32.0 Å². The van der Waals surface area contributed by atoms with E-state index in [1.807, 2.05) is 37.4 Å². The molecule has 4 nitrogen and oxygen atoms in total. The Morgan fingerprint density at radius 2 is 1.70 bits per heavy atom. The van der Waals surface area contributed by atoms with Gasteiger partial charge in [0.1, 0.15) is 5.60 Å². The zero-order chi connectivity index (χ0) is 21.1. The van der Waals surface area contributed by atoms with Crippen molar-refractivity contribution < 1.29 is 9.53 Å². The van der Waals surface area contributed by atoms with Crippen molar-refractivity contribution in [2.24, 2.45) is 0 Å². The maximum atomic E-state index is 12.6. The van der Waals surface area contributed by atoms with Crippen LogP contribution in [0.5, 0.6) is 0 Å². The number of amides is 1. The number of fused-ring (bicyclic) bond motifs is 3. The lowest BCUT2D eigenvalue weighted by Gasteiger charge is -2.26. The summed E-state index contributed by atoms with van der Waals surface area (Å²) in [6.45, 7) is 8.12. The van der Waals surface area contributed by atoms with Gasteiger partial charge in [0.2, 0.25) is 0 Å². The minimum atomic E-state index is -0.465. The molecule has 1 amide bonds. The fourth-order valence-corrected chi connectivity index (χ4v) is 4.99. The van der Waals surface area contributed by atoms with Gasteiger partial charge < -0.3 is 14.2 Å². The Morgan fingerprint density at radius 1 is 1.00 bits per heavy atom. The van der Waals surface area contributed by atoms with Crippen LogP contribution >= 0.6 is 11.8 Å². The summed E-state index contributed by atoms with van der Waals surface area (Å²) < 4.78 is 8.09. The van der Waals surface area contributed by atoms with Crippen LogP contribution in [0.2, 0.25) is 0 Å². The van der Waals surface area contributed by atoms with Gasteiger partial charge in [-0.05, 0) is 51.0 Å². The number of ether oxygens (including phenoxy) is 1. The Balaban J connectivity index is 1.54. The van der Waals surface area contributed by atoms with Gasteiger partial charge in [-0.1, -0.05) is 36.4 Å². The number of benzene rings is 2. The van der Waals surface area contributed by atoms with Crippen LogP contribution in [0.3, 0.4) is 0 Å². The summed E-state index contributed by atoms with van der Waals surface area (Å²) in [4.78, 5) is 15.8. The molecule has 2 aromatic carbocycles. The molecule has 3 aromatic rings. The summed E-state index contributed by atoms with van der Waals surface area (Å²) in [7, 11) is 0. The van der Waals surface area contributed by atoms with E-state index in [4.69, 9.17) is 4.74 Å². The van der Waals surface area contributed by atoms with Crippen molar-refractivity contribution >= 4 is 28.8 Å². The third-order valence-corrected chi connectivity index (χ3v) is 6.42. The lowest BCUT2D eigenvalue weighted by atomic mass is 10.1. The fourth-order valence-electron chi connectivity index (χ4n) is 4.13. The highest BCUT2D eigenvalue weighted by atomic mass is 32.2. The van der Waals surface area contributed by atoms with Crippen LogP contribution in [-0.4, -0.2) is 40.0 Å². The predicted octanol–water partition coefficient (Wildman–Crippen LogP) is 5.77. The van der Waals surface area contributed by atoms with E-state index in [0.717, 1.165) is 25.1 Å². The Kier molecular flexibility index (Phi) is 6.09. The van der Waals surface area contributed by atoms with Gasteiger partial charge in [0, 0.05) is 53.3 Å². The van der Waals surface area contributed by atoms with E-state index in [1.54, 1.807) is 0 Å². The van der Waals surface area contributed by atoms with Crippen molar-refractivity contribution in [3.05, 3.63) is 65.9 Å².